The molecule has 1 N–H and O–H groups in total. The lowest BCUT2D eigenvalue weighted by Gasteiger charge is -2.06. The van der Waals surface area contributed by atoms with Crippen LogP contribution in [0.1, 0.15) is 20.8 Å². The number of amides is 1. The molecule has 4 rings (SSSR count). The molecule has 30 heavy (non-hydrogen) atoms. The first-order chi connectivity index (χ1) is 14.7. The van der Waals surface area contributed by atoms with Crippen LogP contribution in [0.5, 0.6) is 11.5 Å². The number of carbonyl (C=O) groups excluding carboxylic acids is 1. The maximum absolute atomic E-state index is 12.5. The van der Waals surface area contributed by atoms with Gasteiger partial charge in [-0.15, -0.1) is 11.3 Å². The van der Waals surface area contributed by atoms with Gasteiger partial charge in [0.05, 0.1) is 4.88 Å². The zero-order valence-corrected chi connectivity index (χ0v) is 17.6. The van der Waals surface area contributed by atoms with Gasteiger partial charge in [-0.2, -0.15) is 0 Å². The van der Waals surface area contributed by atoms with E-state index in [9.17, 15) is 4.79 Å². The summed E-state index contributed by atoms with van der Waals surface area (Å²) in [5, 5.41) is 3.01. The van der Waals surface area contributed by atoms with Crippen LogP contribution in [0.15, 0.2) is 91.0 Å². The number of hydrogen-bond acceptors (Lipinski definition) is 3. The number of nitrogens with one attached hydrogen (secondary N) is 1. The minimum Gasteiger partial charge on any atom is -0.457 e. The van der Waals surface area contributed by atoms with Crippen molar-refractivity contribution in [2.45, 2.75) is 13.3 Å². The fraction of sp³-hybridized carbons (Fsp3) is 0.115. The highest BCUT2D eigenvalue weighted by Gasteiger charge is 2.10. The summed E-state index contributed by atoms with van der Waals surface area (Å²) in [5.41, 5.74) is 3.54. The normalized spacial score (nSPS) is 10.6. The van der Waals surface area contributed by atoms with Crippen molar-refractivity contribution in [3.8, 4) is 21.9 Å². The van der Waals surface area contributed by atoms with E-state index in [-0.39, 0.29) is 5.91 Å². The minimum absolute atomic E-state index is 0.0256. The number of benzene rings is 3. The van der Waals surface area contributed by atoms with Gasteiger partial charge in [-0.1, -0.05) is 48.0 Å². The first-order valence-corrected chi connectivity index (χ1v) is 10.8. The van der Waals surface area contributed by atoms with E-state index in [1.165, 1.54) is 22.5 Å². The first kappa shape index (κ1) is 19.9. The van der Waals surface area contributed by atoms with Crippen molar-refractivity contribution in [3.63, 3.8) is 0 Å². The SMILES string of the molecule is Cc1ccc(CCNC(=O)c2ccc(-c3ccc(Oc4ccccc4)cc3)s2)cc1. The van der Waals surface area contributed by atoms with E-state index < -0.39 is 0 Å². The summed E-state index contributed by atoms with van der Waals surface area (Å²) in [5.74, 6) is 1.57. The van der Waals surface area contributed by atoms with Crippen molar-refractivity contribution in [1.29, 1.82) is 0 Å². The second-order valence-electron chi connectivity index (χ2n) is 7.09. The number of carbonyl (C=O) groups is 1. The van der Waals surface area contributed by atoms with E-state index in [0.717, 1.165) is 33.2 Å². The number of aryl methyl sites for hydroxylation is 1. The van der Waals surface area contributed by atoms with Gasteiger partial charge in [0.2, 0.25) is 0 Å². The van der Waals surface area contributed by atoms with Crippen LogP contribution in [0.25, 0.3) is 10.4 Å². The van der Waals surface area contributed by atoms with Gasteiger partial charge < -0.3 is 10.1 Å². The third-order valence-electron chi connectivity index (χ3n) is 4.77. The van der Waals surface area contributed by atoms with E-state index in [1.54, 1.807) is 0 Å². The zero-order chi connectivity index (χ0) is 20.8. The van der Waals surface area contributed by atoms with Crippen LogP contribution in [0.4, 0.5) is 0 Å². The molecule has 0 saturated heterocycles. The van der Waals surface area contributed by atoms with Crippen LogP contribution in [-0.2, 0) is 6.42 Å². The van der Waals surface area contributed by atoms with Gasteiger partial charge in [-0.3, -0.25) is 4.79 Å². The molecular weight excluding hydrogens is 390 g/mol. The average Bonchev–Trinajstić information content (AvgIpc) is 3.27. The van der Waals surface area contributed by atoms with Crippen molar-refractivity contribution in [3.05, 3.63) is 107 Å². The lowest BCUT2D eigenvalue weighted by atomic mass is 10.1. The minimum atomic E-state index is -0.0256. The lowest BCUT2D eigenvalue weighted by Crippen LogP contribution is -2.24. The summed E-state index contributed by atoms with van der Waals surface area (Å²) in [7, 11) is 0. The molecule has 3 nitrogen and oxygen atoms in total. The molecule has 0 radical (unpaired) electrons. The van der Waals surface area contributed by atoms with Crippen molar-refractivity contribution in [2.75, 3.05) is 6.54 Å². The van der Waals surface area contributed by atoms with Crippen molar-refractivity contribution in [2.24, 2.45) is 0 Å². The van der Waals surface area contributed by atoms with E-state index in [2.05, 4.69) is 36.5 Å². The monoisotopic (exact) mass is 413 g/mol. The molecule has 1 aromatic heterocycles. The van der Waals surface area contributed by atoms with Gasteiger partial charge in [0.1, 0.15) is 11.5 Å². The average molecular weight is 414 g/mol. The van der Waals surface area contributed by atoms with E-state index in [4.69, 9.17) is 4.74 Å². The van der Waals surface area contributed by atoms with Crippen molar-refractivity contribution in [1.82, 2.24) is 5.32 Å². The fourth-order valence-electron chi connectivity index (χ4n) is 3.09. The van der Waals surface area contributed by atoms with Crippen molar-refractivity contribution < 1.29 is 9.53 Å². The van der Waals surface area contributed by atoms with Gasteiger partial charge >= 0.3 is 0 Å². The summed E-state index contributed by atoms with van der Waals surface area (Å²) >= 11 is 1.50. The van der Waals surface area contributed by atoms with E-state index in [1.807, 2.05) is 66.7 Å². The number of para-hydroxylation sites is 1. The Morgan fingerprint density at radius 1 is 0.833 bits per heavy atom. The number of ether oxygens (including phenoxy) is 1. The summed E-state index contributed by atoms with van der Waals surface area (Å²) in [6, 6.07) is 29.9. The second kappa shape index (κ2) is 9.42. The predicted molar refractivity (Wildman–Crippen MR) is 123 cm³/mol. The summed E-state index contributed by atoms with van der Waals surface area (Å²) in [6.45, 7) is 2.70. The van der Waals surface area contributed by atoms with Crippen molar-refractivity contribution >= 4 is 17.2 Å². The fourth-order valence-corrected chi connectivity index (χ4v) is 4.02. The van der Waals surface area contributed by atoms with Gasteiger partial charge in [0.15, 0.2) is 0 Å². The summed E-state index contributed by atoms with van der Waals surface area (Å²) in [6.07, 6.45) is 0.827. The van der Waals surface area contributed by atoms with E-state index in [0.29, 0.717) is 6.54 Å². The Kier molecular flexibility index (Phi) is 6.26. The first-order valence-electron chi connectivity index (χ1n) is 9.94. The highest BCUT2D eigenvalue weighted by Crippen LogP contribution is 2.30. The quantitative estimate of drug-likeness (QED) is 0.376. The van der Waals surface area contributed by atoms with Gasteiger partial charge in [0, 0.05) is 11.4 Å². The summed E-state index contributed by atoms with van der Waals surface area (Å²) in [4.78, 5) is 14.3. The van der Waals surface area contributed by atoms with E-state index >= 15 is 0 Å². The molecule has 0 atom stereocenters. The maximum atomic E-state index is 12.5. The Labute approximate surface area is 181 Å². The molecule has 0 aliphatic heterocycles. The molecule has 4 aromatic rings. The molecule has 0 saturated carbocycles. The molecule has 0 bridgehead atoms. The smallest absolute Gasteiger partial charge is 0.261 e. The largest absolute Gasteiger partial charge is 0.457 e. The molecule has 0 fully saturated rings. The highest BCUT2D eigenvalue weighted by molar-refractivity contribution is 7.17. The van der Waals surface area contributed by atoms with Crippen LogP contribution in [0.2, 0.25) is 0 Å². The standard InChI is InChI=1S/C26H23NO2S/c1-19-7-9-20(10-8-19)17-18-27-26(28)25-16-15-24(30-25)21-11-13-23(14-12-21)29-22-5-3-2-4-6-22/h2-16H,17-18H2,1H3,(H,27,28). The Morgan fingerprint density at radius 3 is 2.27 bits per heavy atom. The molecule has 0 aliphatic rings. The second-order valence-corrected chi connectivity index (χ2v) is 8.18. The van der Waals surface area contributed by atoms with Gasteiger partial charge in [0.25, 0.3) is 5.91 Å². The molecule has 0 spiro atoms. The topological polar surface area (TPSA) is 38.3 Å². The molecule has 0 unspecified atom stereocenters. The maximum Gasteiger partial charge on any atom is 0.261 e. The summed E-state index contributed by atoms with van der Waals surface area (Å²) < 4.78 is 5.84. The predicted octanol–water partition coefficient (Wildman–Crippen LogP) is 6.49. The van der Waals surface area contributed by atoms with Gasteiger partial charge in [-0.05, 0) is 73.0 Å². The lowest BCUT2D eigenvalue weighted by molar-refractivity contribution is 0.0958. The van der Waals surface area contributed by atoms with Crippen LogP contribution >= 0.6 is 11.3 Å². The number of hydrogen-bond donors (Lipinski definition) is 1. The Morgan fingerprint density at radius 2 is 1.53 bits per heavy atom. The Balaban J connectivity index is 1.33. The Hall–Kier alpha value is -3.37. The molecule has 3 aromatic carbocycles. The van der Waals surface area contributed by atoms with Gasteiger partial charge in [-0.25, -0.2) is 0 Å². The molecule has 1 heterocycles. The molecule has 4 heteroatoms. The molecule has 1 amide bonds. The molecule has 0 aliphatic carbocycles. The number of rotatable bonds is 7. The highest BCUT2D eigenvalue weighted by atomic mass is 32.1. The van der Waals surface area contributed by atoms with Crippen LogP contribution in [-0.4, -0.2) is 12.5 Å². The van der Waals surface area contributed by atoms with Crippen LogP contribution in [0, 0.1) is 6.92 Å². The molecular formula is C26H23NO2S. The van der Waals surface area contributed by atoms with Crippen LogP contribution < -0.4 is 10.1 Å². The zero-order valence-electron chi connectivity index (χ0n) is 16.8. The van der Waals surface area contributed by atoms with Crippen LogP contribution in [0.3, 0.4) is 0 Å². The Bertz CT molecular complexity index is 1100. The molecule has 150 valence electrons. The third kappa shape index (κ3) is 5.16. The third-order valence-corrected chi connectivity index (χ3v) is 5.90. The number of thiophene rings is 1.